The first-order valence-corrected chi connectivity index (χ1v) is 9.70. The van der Waals surface area contributed by atoms with Gasteiger partial charge in [-0.25, -0.2) is 4.98 Å². The predicted molar refractivity (Wildman–Crippen MR) is 105 cm³/mol. The maximum atomic E-state index is 13.3. The normalized spacial score (nSPS) is 24.6. The Labute approximate surface area is 164 Å². The van der Waals surface area contributed by atoms with Gasteiger partial charge < -0.3 is 19.1 Å². The average molecular weight is 382 g/mol. The minimum Gasteiger partial charge on any atom is -0.472 e. The molecule has 0 saturated carbocycles. The third-order valence-corrected chi connectivity index (χ3v) is 6.05. The molecule has 4 rings (SSSR count). The molecule has 2 saturated heterocycles. The van der Waals surface area contributed by atoms with E-state index < -0.39 is 5.41 Å². The molecule has 28 heavy (non-hydrogen) atoms. The molecule has 148 valence electrons. The number of rotatable bonds is 3. The van der Waals surface area contributed by atoms with Gasteiger partial charge in [-0.1, -0.05) is 6.07 Å². The minimum absolute atomic E-state index is 0.0295. The summed E-state index contributed by atoms with van der Waals surface area (Å²) in [6, 6.07) is 7.53. The monoisotopic (exact) mass is 382 g/mol. The van der Waals surface area contributed by atoms with Gasteiger partial charge in [-0.2, -0.15) is 0 Å². The molecule has 0 N–H and O–H groups in total. The van der Waals surface area contributed by atoms with E-state index in [9.17, 15) is 9.59 Å². The van der Waals surface area contributed by atoms with Gasteiger partial charge in [0.2, 0.25) is 5.91 Å². The zero-order chi connectivity index (χ0) is 19.7. The summed E-state index contributed by atoms with van der Waals surface area (Å²) in [5, 5.41) is 0. The average Bonchev–Trinajstić information content (AvgIpc) is 3.33. The summed E-state index contributed by atoms with van der Waals surface area (Å²) >= 11 is 0. The Morgan fingerprint density at radius 3 is 2.79 bits per heavy atom. The highest BCUT2D eigenvalue weighted by Gasteiger charge is 2.54. The molecule has 2 aliphatic heterocycles. The Bertz CT molecular complexity index is 837. The summed E-state index contributed by atoms with van der Waals surface area (Å²) in [5.74, 6) is 1.06. The van der Waals surface area contributed by atoms with E-state index >= 15 is 0 Å². The second kappa shape index (κ2) is 7.30. The second-order valence-corrected chi connectivity index (χ2v) is 7.99. The SMILES string of the molecule is CN(C)C(=O)[C@]12CCCN(C(=O)c3ccoc3)C[C@H]1CN(c1ccccn1)C2. The number of aromatic nitrogens is 1. The van der Waals surface area contributed by atoms with Gasteiger partial charge in [-0.3, -0.25) is 9.59 Å². The molecule has 0 radical (unpaired) electrons. The highest BCUT2D eigenvalue weighted by Crippen LogP contribution is 2.45. The number of fused-ring (bicyclic) bond motifs is 1. The molecule has 0 bridgehead atoms. The van der Waals surface area contributed by atoms with Gasteiger partial charge in [0.1, 0.15) is 12.1 Å². The third kappa shape index (κ3) is 3.15. The van der Waals surface area contributed by atoms with Crippen molar-refractivity contribution in [1.29, 1.82) is 0 Å². The molecule has 2 aromatic rings. The van der Waals surface area contributed by atoms with Crippen molar-refractivity contribution in [2.24, 2.45) is 11.3 Å². The van der Waals surface area contributed by atoms with E-state index in [0.717, 1.165) is 18.7 Å². The maximum Gasteiger partial charge on any atom is 0.257 e. The molecule has 2 aromatic heterocycles. The van der Waals surface area contributed by atoms with Crippen molar-refractivity contribution >= 4 is 17.6 Å². The lowest BCUT2D eigenvalue weighted by Gasteiger charge is -2.34. The van der Waals surface area contributed by atoms with Gasteiger partial charge in [0, 0.05) is 52.4 Å². The first-order chi connectivity index (χ1) is 13.5. The second-order valence-electron chi connectivity index (χ2n) is 7.99. The van der Waals surface area contributed by atoms with E-state index in [1.807, 2.05) is 37.2 Å². The van der Waals surface area contributed by atoms with Crippen LogP contribution in [0.2, 0.25) is 0 Å². The fourth-order valence-electron chi connectivity index (χ4n) is 4.70. The topological polar surface area (TPSA) is 69.9 Å². The predicted octanol–water partition coefficient (Wildman–Crippen LogP) is 2.12. The molecule has 0 aliphatic carbocycles. The molecule has 2 aliphatic rings. The van der Waals surface area contributed by atoms with Crippen molar-refractivity contribution < 1.29 is 14.0 Å². The van der Waals surface area contributed by atoms with E-state index in [4.69, 9.17) is 4.42 Å². The summed E-state index contributed by atoms with van der Waals surface area (Å²) in [7, 11) is 3.63. The maximum absolute atomic E-state index is 13.3. The number of pyridine rings is 1. The zero-order valence-corrected chi connectivity index (χ0v) is 16.4. The van der Waals surface area contributed by atoms with Crippen molar-refractivity contribution in [1.82, 2.24) is 14.8 Å². The number of hydrogen-bond acceptors (Lipinski definition) is 5. The Morgan fingerprint density at radius 1 is 1.25 bits per heavy atom. The van der Waals surface area contributed by atoms with Crippen LogP contribution in [0.5, 0.6) is 0 Å². The minimum atomic E-state index is -0.494. The first-order valence-electron chi connectivity index (χ1n) is 9.70. The quantitative estimate of drug-likeness (QED) is 0.813. The number of carbonyl (C=O) groups excluding carboxylic acids is 2. The van der Waals surface area contributed by atoms with Crippen molar-refractivity contribution in [3.8, 4) is 0 Å². The molecule has 0 aromatic carbocycles. The standard InChI is InChI=1S/C21H26N4O3/c1-23(2)20(27)21-8-5-10-24(19(26)16-7-11-28-14-16)12-17(21)13-25(15-21)18-6-3-4-9-22-18/h3-4,6-7,9,11,14,17H,5,8,10,12-13,15H2,1-2H3/t17-,21-/m0/s1. The van der Waals surface area contributed by atoms with E-state index in [2.05, 4.69) is 9.88 Å². The summed E-state index contributed by atoms with van der Waals surface area (Å²) < 4.78 is 5.08. The van der Waals surface area contributed by atoms with Crippen LogP contribution in [0.15, 0.2) is 47.4 Å². The lowest BCUT2D eigenvalue weighted by molar-refractivity contribution is -0.141. The number of amides is 2. The van der Waals surface area contributed by atoms with Crippen molar-refractivity contribution in [3.63, 3.8) is 0 Å². The molecule has 2 atom stereocenters. The number of nitrogens with zero attached hydrogens (tertiary/aromatic N) is 4. The molecular formula is C21H26N4O3. The van der Waals surface area contributed by atoms with Gasteiger partial charge in [0.05, 0.1) is 17.2 Å². The summed E-state index contributed by atoms with van der Waals surface area (Å²) in [4.78, 5) is 36.4. The number of carbonyl (C=O) groups is 2. The summed E-state index contributed by atoms with van der Waals surface area (Å²) in [5.41, 5.74) is 0.0675. The molecule has 7 nitrogen and oxygen atoms in total. The lowest BCUT2D eigenvalue weighted by Crippen LogP contribution is -2.47. The van der Waals surface area contributed by atoms with Gasteiger partial charge in [-0.15, -0.1) is 0 Å². The smallest absolute Gasteiger partial charge is 0.257 e. The highest BCUT2D eigenvalue weighted by molar-refractivity contribution is 5.94. The number of furan rings is 1. The van der Waals surface area contributed by atoms with Gasteiger partial charge in [-0.05, 0) is 31.0 Å². The molecule has 2 amide bonds. The fourth-order valence-corrected chi connectivity index (χ4v) is 4.70. The molecule has 4 heterocycles. The van der Waals surface area contributed by atoms with Crippen LogP contribution in [-0.2, 0) is 4.79 Å². The van der Waals surface area contributed by atoms with Crippen LogP contribution in [0.25, 0.3) is 0 Å². The van der Waals surface area contributed by atoms with E-state index in [1.165, 1.54) is 12.5 Å². The van der Waals surface area contributed by atoms with Crippen LogP contribution in [-0.4, -0.2) is 66.9 Å². The number of hydrogen-bond donors (Lipinski definition) is 0. The summed E-state index contributed by atoms with van der Waals surface area (Å²) in [6.07, 6.45) is 6.35. The first kappa shape index (κ1) is 18.5. The molecular weight excluding hydrogens is 356 g/mol. The van der Waals surface area contributed by atoms with Crippen LogP contribution < -0.4 is 4.90 Å². The Morgan fingerprint density at radius 2 is 2.11 bits per heavy atom. The number of anilines is 1. The van der Waals surface area contributed by atoms with Crippen LogP contribution in [0, 0.1) is 11.3 Å². The Balaban J connectivity index is 1.64. The largest absolute Gasteiger partial charge is 0.472 e. The van der Waals surface area contributed by atoms with Crippen LogP contribution in [0.3, 0.4) is 0 Å². The Hall–Kier alpha value is -2.83. The van der Waals surface area contributed by atoms with Crippen molar-refractivity contribution in [2.45, 2.75) is 12.8 Å². The molecule has 2 fully saturated rings. The fraction of sp³-hybridized carbons (Fsp3) is 0.476. The van der Waals surface area contributed by atoms with Crippen molar-refractivity contribution in [3.05, 3.63) is 48.6 Å². The van der Waals surface area contributed by atoms with Gasteiger partial charge in [0.15, 0.2) is 0 Å². The third-order valence-electron chi connectivity index (χ3n) is 6.05. The van der Waals surface area contributed by atoms with Crippen LogP contribution in [0.1, 0.15) is 23.2 Å². The van der Waals surface area contributed by atoms with E-state index in [-0.39, 0.29) is 17.7 Å². The molecule has 0 unspecified atom stereocenters. The number of likely N-dealkylation sites (tertiary alicyclic amines) is 1. The molecule has 7 heteroatoms. The van der Waals surface area contributed by atoms with Crippen molar-refractivity contribution in [2.75, 3.05) is 45.2 Å². The van der Waals surface area contributed by atoms with E-state index in [0.29, 0.717) is 31.7 Å². The highest BCUT2D eigenvalue weighted by atomic mass is 16.3. The summed E-state index contributed by atoms with van der Waals surface area (Å²) in [6.45, 7) is 2.57. The lowest BCUT2D eigenvalue weighted by atomic mass is 9.74. The van der Waals surface area contributed by atoms with E-state index in [1.54, 1.807) is 17.2 Å². The molecule has 0 spiro atoms. The van der Waals surface area contributed by atoms with Gasteiger partial charge >= 0.3 is 0 Å². The van der Waals surface area contributed by atoms with Gasteiger partial charge in [0.25, 0.3) is 5.91 Å². The van der Waals surface area contributed by atoms with Crippen LogP contribution >= 0.6 is 0 Å². The van der Waals surface area contributed by atoms with Crippen LogP contribution in [0.4, 0.5) is 5.82 Å². The Kier molecular flexibility index (Phi) is 4.83. The zero-order valence-electron chi connectivity index (χ0n) is 16.4.